The van der Waals surface area contributed by atoms with Gasteiger partial charge in [-0.05, 0) is 24.1 Å². The lowest BCUT2D eigenvalue weighted by Gasteiger charge is -2.28. The predicted octanol–water partition coefficient (Wildman–Crippen LogP) is 2.54. The van der Waals surface area contributed by atoms with Gasteiger partial charge in [0.05, 0.1) is 18.9 Å². The number of carbonyl (C=O) groups is 3. The van der Waals surface area contributed by atoms with Crippen LogP contribution in [-0.4, -0.2) is 63.2 Å². The summed E-state index contributed by atoms with van der Waals surface area (Å²) in [4.78, 5) is 38.1. The van der Waals surface area contributed by atoms with Crippen molar-refractivity contribution < 1.29 is 29.0 Å². The SMILES string of the molecule is CC1CN(CCC(=O)O)C(=O)N1C(Cc1ccc(-c2ccoc2)cc1)C(=O)O. The van der Waals surface area contributed by atoms with Crippen LogP contribution >= 0.6 is 0 Å². The van der Waals surface area contributed by atoms with Crippen LogP contribution in [-0.2, 0) is 16.0 Å². The third-order valence-corrected chi connectivity index (χ3v) is 4.90. The number of benzene rings is 1. The molecule has 2 N–H and O–H groups in total. The Labute approximate surface area is 162 Å². The summed E-state index contributed by atoms with van der Waals surface area (Å²) in [6.07, 6.45) is 3.22. The van der Waals surface area contributed by atoms with Crippen LogP contribution in [0.15, 0.2) is 47.3 Å². The van der Waals surface area contributed by atoms with Gasteiger partial charge in [-0.1, -0.05) is 24.3 Å². The zero-order chi connectivity index (χ0) is 20.3. The number of carboxylic acid groups (broad SMARTS) is 2. The molecule has 1 fully saturated rings. The summed E-state index contributed by atoms with van der Waals surface area (Å²) in [5.41, 5.74) is 2.68. The maximum absolute atomic E-state index is 12.7. The lowest BCUT2D eigenvalue weighted by molar-refractivity contribution is -0.142. The number of furan rings is 1. The molecule has 28 heavy (non-hydrogen) atoms. The predicted molar refractivity (Wildman–Crippen MR) is 99.8 cm³/mol. The first-order chi connectivity index (χ1) is 13.4. The van der Waals surface area contributed by atoms with Crippen LogP contribution in [0.3, 0.4) is 0 Å². The molecule has 0 aliphatic carbocycles. The molecule has 0 bridgehead atoms. The summed E-state index contributed by atoms with van der Waals surface area (Å²) in [7, 11) is 0. The standard InChI is InChI=1S/C20H22N2O6/c1-13-11-21(8-6-18(23)24)20(27)22(13)17(19(25)26)10-14-2-4-15(5-3-14)16-7-9-28-12-16/h2-5,7,9,12-13,17H,6,8,10-11H2,1H3,(H,23,24)(H,25,26). The van der Waals surface area contributed by atoms with E-state index < -0.39 is 24.0 Å². The first-order valence-corrected chi connectivity index (χ1v) is 9.00. The minimum absolute atomic E-state index is 0.0702. The molecule has 8 nitrogen and oxygen atoms in total. The largest absolute Gasteiger partial charge is 0.481 e. The third-order valence-electron chi connectivity index (χ3n) is 4.90. The van der Waals surface area contributed by atoms with Crippen molar-refractivity contribution in [2.75, 3.05) is 13.1 Å². The molecule has 0 radical (unpaired) electrons. The highest BCUT2D eigenvalue weighted by Crippen LogP contribution is 2.24. The van der Waals surface area contributed by atoms with E-state index in [0.717, 1.165) is 16.7 Å². The van der Waals surface area contributed by atoms with Crippen LogP contribution < -0.4 is 0 Å². The van der Waals surface area contributed by atoms with Crippen LogP contribution in [0.2, 0.25) is 0 Å². The number of hydrogen-bond acceptors (Lipinski definition) is 4. The molecule has 1 aromatic heterocycles. The lowest BCUT2D eigenvalue weighted by Crippen LogP contribution is -2.48. The van der Waals surface area contributed by atoms with E-state index in [0.29, 0.717) is 6.54 Å². The molecule has 3 rings (SSSR count). The number of carboxylic acids is 2. The molecule has 2 unspecified atom stereocenters. The van der Waals surface area contributed by atoms with Crippen molar-refractivity contribution in [3.63, 3.8) is 0 Å². The topological polar surface area (TPSA) is 111 Å². The summed E-state index contributed by atoms with van der Waals surface area (Å²) < 4.78 is 5.07. The molecular formula is C20H22N2O6. The van der Waals surface area contributed by atoms with Crippen LogP contribution in [0.4, 0.5) is 4.79 Å². The minimum Gasteiger partial charge on any atom is -0.481 e. The van der Waals surface area contributed by atoms with Gasteiger partial charge in [-0.3, -0.25) is 4.79 Å². The molecule has 2 atom stereocenters. The van der Waals surface area contributed by atoms with Crippen molar-refractivity contribution in [3.05, 3.63) is 48.4 Å². The summed E-state index contributed by atoms with van der Waals surface area (Å²) in [6.45, 7) is 2.16. The molecule has 2 heterocycles. The van der Waals surface area contributed by atoms with E-state index in [4.69, 9.17) is 9.52 Å². The summed E-state index contributed by atoms with van der Waals surface area (Å²) in [5.74, 6) is -2.08. The van der Waals surface area contributed by atoms with Crippen molar-refractivity contribution in [1.29, 1.82) is 0 Å². The second-order valence-corrected chi connectivity index (χ2v) is 6.90. The fourth-order valence-electron chi connectivity index (χ4n) is 3.48. The molecule has 1 aliphatic heterocycles. The maximum atomic E-state index is 12.7. The quantitative estimate of drug-likeness (QED) is 0.721. The highest BCUT2D eigenvalue weighted by atomic mass is 16.4. The zero-order valence-corrected chi connectivity index (χ0v) is 15.4. The minimum atomic E-state index is -1.08. The Morgan fingerprint density at radius 2 is 1.89 bits per heavy atom. The number of hydrogen-bond donors (Lipinski definition) is 2. The second-order valence-electron chi connectivity index (χ2n) is 6.90. The van der Waals surface area contributed by atoms with E-state index in [-0.39, 0.29) is 25.4 Å². The summed E-state index contributed by atoms with van der Waals surface area (Å²) in [5, 5.41) is 18.5. The van der Waals surface area contributed by atoms with Gasteiger partial charge in [0.1, 0.15) is 6.04 Å². The Kier molecular flexibility index (Phi) is 5.67. The van der Waals surface area contributed by atoms with Gasteiger partial charge in [0.2, 0.25) is 0 Å². The molecule has 1 saturated heterocycles. The average Bonchev–Trinajstić information content (AvgIpc) is 3.27. The zero-order valence-electron chi connectivity index (χ0n) is 15.4. The van der Waals surface area contributed by atoms with E-state index >= 15 is 0 Å². The fourth-order valence-corrected chi connectivity index (χ4v) is 3.48. The molecule has 0 saturated carbocycles. The second kappa shape index (κ2) is 8.16. The van der Waals surface area contributed by atoms with Crippen LogP contribution in [0, 0.1) is 0 Å². The van der Waals surface area contributed by atoms with Crippen molar-refractivity contribution in [3.8, 4) is 11.1 Å². The lowest BCUT2D eigenvalue weighted by atomic mass is 10.0. The van der Waals surface area contributed by atoms with Crippen LogP contribution in [0.5, 0.6) is 0 Å². The number of amides is 2. The molecule has 1 aromatic carbocycles. The fraction of sp³-hybridized carbons (Fsp3) is 0.350. The van der Waals surface area contributed by atoms with E-state index in [9.17, 15) is 19.5 Å². The maximum Gasteiger partial charge on any atom is 0.326 e. The number of carbonyl (C=O) groups excluding carboxylic acids is 1. The van der Waals surface area contributed by atoms with Gasteiger partial charge in [-0.25, -0.2) is 9.59 Å². The molecular weight excluding hydrogens is 364 g/mol. The van der Waals surface area contributed by atoms with Gasteiger partial charge >= 0.3 is 18.0 Å². The van der Waals surface area contributed by atoms with Gasteiger partial charge in [0.15, 0.2) is 0 Å². The van der Waals surface area contributed by atoms with Crippen molar-refractivity contribution in [2.24, 2.45) is 0 Å². The number of rotatable bonds is 8. The smallest absolute Gasteiger partial charge is 0.326 e. The average molecular weight is 386 g/mol. The van der Waals surface area contributed by atoms with E-state index in [1.54, 1.807) is 19.5 Å². The van der Waals surface area contributed by atoms with Gasteiger partial charge in [0.25, 0.3) is 0 Å². The summed E-state index contributed by atoms with van der Waals surface area (Å²) >= 11 is 0. The first kappa shape index (κ1) is 19.5. The van der Waals surface area contributed by atoms with E-state index in [1.165, 1.54) is 9.80 Å². The molecule has 148 valence electrons. The first-order valence-electron chi connectivity index (χ1n) is 9.00. The highest BCUT2D eigenvalue weighted by molar-refractivity contribution is 5.85. The van der Waals surface area contributed by atoms with E-state index in [2.05, 4.69) is 0 Å². The molecule has 8 heteroatoms. The Balaban J connectivity index is 1.73. The van der Waals surface area contributed by atoms with Crippen molar-refractivity contribution >= 4 is 18.0 Å². The molecule has 2 amide bonds. The number of aliphatic carboxylic acids is 2. The van der Waals surface area contributed by atoms with Crippen molar-refractivity contribution in [1.82, 2.24) is 9.80 Å². The van der Waals surface area contributed by atoms with Crippen LogP contribution in [0.25, 0.3) is 11.1 Å². The Morgan fingerprint density at radius 3 is 2.46 bits per heavy atom. The monoisotopic (exact) mass is 386 g/mol. The summed E-state index contributed by atoms with van der Waals surface area (Å²) in [6, 6.07) is 7.52. The molecule has 1 aliphatic rings. The van der Waals surface area contributed by atoms with E-state index in [1.807, 2.05) is 30.3 Å². The van der Waals surface area contributed by atoms with Gasteiger partial charge in [-0.15, -0.1) is 0 Å². The Hall–Kier alpha value is -3.29. The molecule has 2 aromatic rings. The van der Waals surface area contributed by atoms with Gasteiger partial charge in [-0.2, -0.15) is 0 Å². The van der Waals surface area contributed by atoms with Crippen molar-refractivity contribution in [2.45, 2.75) is 31.8 Å². The Morgan fingerprint density at radius 1 is 1.18 bits per heavy atom. The van der Waals surface area contributed by atoms with Crippen LogP contribution in [0.1, 0.15) is 18.9 Å². The number of urea groups is 1. The number of nitrogens with zero attached hydrogens (tertiary/aromatic N) is 2. The van der Waals surface area contributed by atoms with Gasteiger partial charge < -0.3 is 24.4 Å². The Bertz CT molecular complexity index is 846. The molecule has 0 spiro atoms. The highest BCUT2D eigenvalue weighted by Gasteiger charge is 2.41. The normalized spacial score (nSPS) is 17.8. The third kappa shape index (κ3) is 4.16. The van der Waals surface area contributed by atoms with Gasteiger partial charge in [0, 0.05) is 31.1 Å².